The highest BCUT2D eigenvalue weighted by Crippen LogP contribution is 2.31. The van der Waals surface area contributed by atoms with Gasteiger partial charge in [-0.05, 0) is 23.9 Å². The molecule has 0 aliphatic heterocycles. The van der Waals surface area contributed by atoms with Crippen LogP contribution >= 0.6 is 23.1 Å². The van der Waals surface area contributed by atoms with Gasteiger partial charge >= 0.3 is 0 Å². The van der Waals surface area contributed by atoms with Crippen molar-refractivity contribution in [2.24, 2.45) is 7.05 Å². The zero-order valence-electron chi connectivity index (χ0n) is 11.1. The molecule has 0 saturated heterocycles. The van der Waals surface area contributed by atoms with Gasteiger partial charge in [0.25, 0.3) is 5.91 Å². The first-order chi connectivity index (χ1) is 10.2. The summed E-state index contributed by atoms with van der Waals surface area (Å²) < 4.78 is 2.61. The zero-order valence-corrected chi connectivity index (χ0v) is 12.7. The molecule has 2 heterocycles. The fraction of sp³-hybridized carbons (Fsp3) is 0.0769. The van der Waals surface area contributed by atoms with Crippen LogP contribution in [0.2, 0.25) is 0 Å². The summed E-state index contributed by atoms with van der Waals surface area (Å²) in [6, 6.07) is 9.07. The molecule has 0 spiro atoms. The van der Waals surface area contributed by atoms with E-state index in [-0.39, 0.29) is 5.91 Å². The Morgan fingerprint density at radius 1 is 1.33 bits per heavy atom. The number of hydrogen-bond acceptors (Lipinski definition) is 6. The average Bonchev–Trinajstić information content (AvgIpc) is 3.10. The van der Waals surface area contributed by atoms with Gasteiger partial charge in [-0.3, -0.25) is 4.79 Å². The van der Waals surface area contributed by atoms with Crippen molar-refractivity contribution in [3.05, 3.63) is 48.4 Å². The van der Waals surface area contributed by atoms with Crippen LogP contribution in [0.1, 0.15) is 10.4 Å². The molecule has 0 fully saturated rings. The highest BCUT2D eigenvalue weighted by Gasteiger charge is 2.11. The van der Waals surface area contributed by atoms with Crippen molar-refractivity contribution in [1.29, 1.82) is 0 Å². The lowest BCUT2D eigenvalue weighted by Gasteiger charge is -2.00. The summed E-state index contributed by atoms with van der Waals surface area (Å²) in [5, 5.41) is 12.1. The first kappa shape index (κ1) is 13.8. The van der Waals surface area contributed by atoms with Crippen molar-refractivity contribution in [1.82, 2.24) is 19.7 Å². The maximum Gasteiger partial charge on any atom is 0.256 e. The Balaban J connectivity index is 1.68. The Kier molecular flexibility index (Phi) is 3.98. The molecule has 3 rings (SSSR count). The summed E-state index contributed by atoms with van der Waals surface area (Å²) in [5.41, 5.74) is 0.619. The third-order valence-electron chi connectivity index (χ3n) is 2.61. The average molecular weight is 317 g/mol. The SMILES string of the molecule is Cn1cnnc1Sc1ncc(NC(=O)c2ccccc2)s1. The summed E-state index contributed by atoms with van der Waals surface area (Å²) in [4.78, 5) is 16.3. The molecule has 0 unspecified atom stereocenters. The molecule has 1 amide bonds. The molecule has 6 nitrogen and oxygen atoms in total. The van der Waals surface area contributed by atoms with Gasteiger partial charge in [-0.2, -0.15) is 0 Å². The van der Waals surface area contributed by atoms with E-state index in [2.05, 4.69) is 20.5 Å². The van der Waals surface area contributed by atoms with Gasteiger partial charge in [0.15, 0.2) is 9.50 Å². The van der Waals surface area contributed by atoms with Gasteiger partial charge in [0.05, 0.1) is 6.20 Å². The van der Waals surface area contributed by atoms with Crippen LogP contribution in [0.5, 0.6) is 0 Å². The molecule has 106 valence electrons. The molecule has 0 aliphatic carbocycles. The highest BCUT2D eigenvalue weighted by molar-refractivity contribution is 8.01. The molecule has 3 aromatic rings. The van der Waals surface area contributed by atoms with Crippen LogP contribution < -0.4 is 5.32 Å². The first-order valence-corrected chi connectivity index (χ1v) is 7.70. The van der Waals surface area contributed by atoms with E-state index in [0.717, 1.165) is 9.50 Å². The number of benzene rings is 1. The van der Waals surface area contributed by atoms with Gasteiger partial charge in [-0.1, -0.05) is 29.5 Å². The van der Waals surface area contributed by atoms with Crippen LogP contribution in [-0.2, 0) is 7.05 Å². The Hall–Kier alpha value is -2.19. The molecule has 1 aromatic carbocycles. The monoisotopic (exact) mass is 317 g/mol. The standard InChI is InChI=1S/C13H11N5OS2/c1-18-8-15-17-12(18)21-13-14-7-10(20-13)16-11(19)9-5-3-2-4-6-9/h2-8H,1H3,(H,16,19). The predicted molar refractivity (Wildman–Crippen MR) is 81.6 cm³/mol. The third kappa shape index (κ3) is 3.29. The smallest absolute Gasteiger partial charge is 0.256 e. The Morgan fingerprint density at radius 3 is 2.86 bits per heavy atom. The number of carbonyl (C=O) groups is 1. The second kappa shape index (κ2) is 6.06. The molecule has 0 aliphatic rings. The summed E-state index contributed by atoms with van der Waals surface area (Å²) >= 11 is 2.81. The van der Waals surface area contributed by atoms with E-state index >= 15 is 0 Å². The van der Waals surface area contributed by atoms with Crippen molar-refractivity contribution in [2.45, 2.75) is 9.50 Å². The van der Waals surface area contributed by atoms with E-state index < -0.39 is 0 Å². The molecule has 0 bridgehead atoms. The van der Waals surface area contributed by atoms with E-state index in [0.29, 0.717) is 10.6 Å². The number of rotatable bonds is 4. The highest BCUT2D eigenvalue weighted by atomic mass is 32.2. The summed E-state index contributed by atoms with van der Waals surface area (Å²) in [7, 11) is 1.87. The molecule has 0 saturated carbocycles. The number of anilines is 1. The summed E-state index contributed by atoms with van der Waals surface area (Å²) in [5.74, 6) is -0.144. The van der Waals surface area contributed by atoms with Crippen molar-refractivity contribution in [2.75, 3.05) is 5.32 Å². The molecule has 1 N–H and O–H groups in total. The minimum Gasteiger partial charge on any atom is -0.312 e. The minimum atomic E-state index is -0.144. The zero-order chi connectivity index (χ0) is 14.7. The van der Waals surface area contributed by atoms with Gasteiger partial charge in [0.2, 0.25) is 0 Å². The third-order valence-corrected chi connectivity index (χ3v) is 4.65. The van der Waals surface area contributed by atoms with E-state index in [1.54, 1.807) is 24.7 Å². The number of amides is 1. The second-order valence-corrected chi connectivity index (χ2v) is 6.38. The molecule has 21 heavy (non-hydrogen) atoms. The topological polar surface area (TPSA) is 72.7 Å². The fourth-order valence-electron chi connectivity index (χ4n) is 1.58. The van der Waals surface area contributed by atoms with Crippen molar-refractivity contribution >= 4 is 34.0 Å². The van der Waals surface area contributed by atoms with E-state index in [1.165, 1.54) is 23.1 Å². The number of aryl methyl sites for hydroxylation is 1. The van der Waals surface area contributed by atoms with Gasteiger partial charge in [0.1, 0.15) is 11.3 Å². The molecule has 0 radical (unpaired) electrons. The molecule has 2 aromatic heterocycles. The number of nitrogens with zero attached hydrogens (tertiary/aromatic N) is 4. The van der Waals surface area contributed by atoms with Gasteiger partial charge in [0, 0.05) is 12.6 Å². The minimum absolute atomic E-state index is 0.144. The Bertz CT molecular complexity index is 753. The fourth-order valence-corrected chi connectivity index (χ4v) is 3.32. The van der Waals surface area contributed by atoms with Crippen LogP contribution in [0.4, 0.5) is 5.00 Å². The van der Waals surface area contributed by atoms with E-state index in [4.69, 9.17) is 0 Å². The maximum absolute atomic E-state index is 12.0. The number of thiazole rings is 1. The number of hydrogen-bond donors (Lipinski definition) is 1. The van der Waals surface area contributed by atoms with Crippen LogP contribution in [0.15, 0.2) is 52.4 Å². The van der Waals surface area contributed by atoms with Crippen molar-refractivity contribution in [3.63, 3.8) is 0 Å². The van der Waals surface area contributed by atoms with Gasteiger partial charge < -0.3 is 9.88 Å². The van der Waals surface area contributed by atoms with Crippen LogP contribution in [-0.4, -0.2) is 25.7 Å². The maximum atomic E-state index is 12.0. The summed E-state index contributed by atoms with van der Waals surface area (Å²) in [6.07, 6.45) is 3.28. The Morgan fingerprint density at radius 2 is 2.14 bits per heavy atom. The lowest BCUT2D eigenvalue weighted by molar-refractivity contribution is 0.102. The van der Waals surface area contributed by atoms with Crippen LogP contribution in [0.25, 0.3) is 0 Å². The first-order valence-electron chi connectivity index (χ1n) is 6.06. The summed E-state index contributed by atoms with van der Waals surface area (Å²) in [6.45, 7) is 0. The number of carbonyl (C=O) groups excluding carboxylic acids is 1. The van der Waals surface area contributed by atoms with Crippen LogP contribution in [0.3, 0.4) is 0 Å². The number of aromatic nitrogens is 4. The molecular weight excluding hydrogens is 306 g/mol. The molecule has 0 atom stereocenters. The van der Waals surface area contributed by atoms with Crippen LogP contribution in [0, 0.1) is 0 Å². The van der Waals surface area contributed by atoms with Crippen molar-refractivity contribution in [3.8, 4) is 0 Å². The normalized spacial score (nSPS) is 10.5. The Labute approximate surface area is 129 Å². The second-order valence-electron chi connectivity index (χ2n) is 4.14. The number of nitrogens with one attached hydrogen (secondary N) is 1. The lowest BCUT2D eigenvalue weighted by atomic mass is 10.2. The largest absolute Gasteiger partial charge is 0.312 e. The molecular formula is C13H11N5OS2. The van der Waals surface area contributed by atoms with Gasteiger partial charge in [-0.25, -0.2) is 4.98 Å². The van der Waals surface area contributed by atoms with E-state index in [9.17, 15) is 4.79 Å². The predicted octanol–water partition coefficient (Wildman–Crippen LogP) is 2.68. The van der Waals surface area contributed by atoms with Gasteiger partial charge in [-0.15, -0.1) is 10.2 Å². The lowest BCUT2D eigenvalue weighted by Crippen LogP contribution is -2.10. The van der Waals surface area contributed by atoms with Crippen molar-refractivity contribution < 1.29 is 4.79 Å². The van der Waals surface area contributed by atoms with E-state index in [1.807, 2.05) is 29.8 Å². The quantitative estimate of drug-likeness (QED) is 0.801. The molecule has 8 heteroatoms.